The van der Waals surface area contributed by atoms with Crippen LogP contribution in [0, 0.1) is 29.6 Å². The van der Waals surface area contributed by atoms with Gasteiger partial charge in [-0.2, -0.15) is 0 Å². The van der Waals surface area contributed by atoms with Gasteiger partial charge in [-0.25, -0.2) is 4.98 Å². The maximum absolute atomic E-state index is 13.2. The Hall–Kier alpha value is -3.15. The smallest absolute Gasteiger partial charge is 0.251 e. The first kappa shape index (κ1) is 23.9. The number of amides is 2. The molecule has 8 rings (SSSR count). The number of nitrogens with one attached hydrogen (secondary N) is 3. The topological polar surface area (TPSA) is 86.9 Å². The molecule has 4 bridgehead atoms. The molecule has 2 aromatic carbocycles. The SMILES string of the molecule is CC1CCCCC1NC(=O)c1ccc(-c2nc3ccc(C(=O)NC4C5CC6CC(C5)CC4C6)cc3[nH]2)cc1. The molecule has 1 heterocycles. The summed E-state index contributed by atoms with van der Waals surface area (Å²) in [7, 11) is 0. The predicted molar refractivity (Wildman–Crippen MR) is 149 cm³/mol. The van der Waals surface area contributed by atoms with Crippen molar-refractivity contribution in [1.82, 2.24) is 20.6 Å². The third-order valence-electron chi connectivity index (χ3n) is 10.1. The van der Waals surface area contributed by atoms with Crippen molar-refractivity contribution in [3.8, 4) is 11.4 Å². The van der Waals surface area contributed by atoms with E-state index in [0.29, 0.717) is 34.9 Å². The van der Waals surface area contributed by atoms with Crippen LogP contribution in [0.4, 0.5) is 0 Å². The lowest BCUT2D eigenvalue weighted by molar-refractivity contribution is -0.0119. The van der Waals surface area contributed by atoms with Crippen molar-refractivity contribution >= 4 is 22.8 Å². The second kappa shape index (κ2) is 9.55. The van der Waals surface area contributed by atoms with Gasteiger partial charge in [0.25, 0.3) is 11.8 Å². The second-order valence-corrected chi connectivity index (χ2v) is 12.7. The fraction of sp³-hybridized carbons (Fsp3) is 0.531. The van der Waals surface area contributed by atoms with E-state index in [1.54, 1.807) is 0 Å². The Kier molecular flexibility index (Phi) is 6.01. The average molecular weight is 511 g/mol. The predicted octanol–water partition coefficient (Wildman–Crippen LogP) is 6.09. The molecule has 38 heavy (non-hydrogen) atoms. The van der Waals surface area contributed by atoms with Gasteiger partial charge in [-0.1, -0.05) is 31.9 Å². The number of carbonyl (C=O) groups is 2. The molecule has 5 aliphatic carbocycles. The monoisotopic (exact) mass is 510 g/mol. The number of hydrogen-bond acceptors (Lipinski definition) is 3. The van der Waals surface area contributed by atoms with E-state index < -0.39 is 0 Å². The summed E-state index contributed by atoms with van der Waals surface area (Å²) in [6.45, 7) is 2.23. The van der Waals surface area contributed by atoms with Gasteiger partial charge in [-0.05, 0) is 105 Å². The van der Waals surface area contributed by atoms with Gasteiger partial charge in [0.2, 0.25) is 0 Å². The first-order chi connectivity index (χ1) is 18.5. The zero-order valence-corrected chi connectivity index (χ0v) is 22.2. The van der Waals surface area contributed by atoms with Gasteiger partial charge in [0.05, 0.1) is 11.0 Å². The van der Waals surface area contributed by atoms with Crippen LogP contribution in [0.25, 0.3) is 22.4 Å². The van der Waals surface area contributed by atoms with E-state index in [0.717, 1.165) is 40.7 Å². The van der Waals surface area contributed by atoms with Crippen LogP contribution >= 0.6 is 0 Å². The minimum absolute atomic E-state index is 0.00491. The summed E-state index contributed by atoms with van der Waals surface area (Å²) >= 11 is 0. The van der Waals surface area contributed by atoms with Crippen molar-refractivity contribution in [3.05, 3.63) is 53.6 Å². The highest BCUT2D eigenvalue weighted by Crippen LogP contribution is 2.53. The Morgan fingerprint density at radius 3 is 2.18 bits per heavy atom. The summed E-state index contributed by atoms with van der Waals surface area (Å²) < 4.78 is 0. The Labute approximate surface area is 224 Å². The number of carbonyl (C=O) groups excluding carboxylic acids is 2. The number of benzene rings is 2. The van der Waals surface area contributed by atoms with Gasteiger partial charge in [-0.3, -0.25) is 9.59 Å². The van der Waals surface area contributed by atoms with Crippen LogP contribution in [0.5, 0.6) is 0 Å². The molecule has 198 valence electrons. The number of aromatic amines is 1. The van der Waals surface area contributed by atoms with Gasteiger partial charge in [0.1, 0.15) is 5.82 Å². The van der Waals surface area contributed by atoms with E-state index in [1.807, 2.05) is 42.5 Å². The van der Waals surface area contributed by atoms with Crippen molar-refractivity contribution in [2.75, 3.05) is 0 Å². The molecule has 2 atom stereocenters. The molecule has 0 saturated heterocycles. The Morgan fingerprint density at radius 2 is 1.47 bits per heavy atom. The van der Waals surface area contributed by atoms with Crippen LogP contribution in [-0.4, -0.2) is 33.9 Å². The van der Waals surface area contributed by atoms with E-state index in [1.165, 1.54) is 51.4 Å². The highest BCUT2D eigenvalue weighted by molar-refractivity contribution is 5.98. The zero-order chi connectivity index (χ0) is 25.8. The summed E-state index contributed by atoms with van der Waals surface area (Å²) in [4.78, 5) is 34.2. The number of aromatic nitrogens is 2. The van der Waals surface area contributed by atoms with E-state index >= 15 is 0 Å². The molecule has 0 aliphatic heterocycles. The Bertz CT molecular complexity index is 1330. The molecule has 5 fully saturated rings. The molecule has 5 aliphatic rings. The van der Waals surface area contributed by atoms with E-state index in [9.17, 15) is 9.59 Å². The van der Waals surface area contributed by atoms with E-state index in [2.05, 4.69) is 22.5 Å². The number of fused-ring (bicyclic) bond motifs is 1. The third kappa shape index (κ3) is 4.42. The number of hydrogen-bond donors (Lipinski definition) is 3. The first-order valence-corrected chi connectivity index (χ1v) is 14.7. The standard InChI is InChI=1S/C32H38N4O2/c1-18-4-2-3-5-26(18)35-31(37)22-8-6-21(7-9-22)30-33-27-11-10-23(17-28(27)34-30)32(38)36-29-24-13-19-12-20(15-24)16-25(29)14-19/h6-11,17-20,24-26,29H,2-5,12-16H2,1H3,(H,33,34)(H,35,37)(H,36,38). The van der Waals surface area contributed by atoms with Crippen molar-refractivity contribution in [2.45, 2.75) is 76.8 Å². The Morgan fingerprint density at radius 1 is 0.816 bits per heavy atom. The maximum atomic E-state index is 13.2. The zero-order valence-electron chi connectivity index (χ0n) is 22.2. The molecule has 3 aromatic rings. The minimum Gasteiger partial charge on any atom is -0.349 e. The molecule has 6 heteroatoms. The van der Waals surface area contributed by atoms with Crippen LogP contribution in [0.3, 0.4) is 0 Å². The molecule has 0 spiro atoms. The summed E-state index contributed by atoms with van der Waals surface area (Å²) in [5.74, 6) is 4.41. The molecule has 5 saturated carbocycles. The quantitative estimate of drug-likeness (QED) is 0.388. The summed E-state index contributed by atoms with van der Waals surface area (Å²) in [5, 5.41) is 6.65. The summed E-state index contributed by atoms with van der Waals surface area (Å²) in [6, 6.07) is 14.0. The lowest BCUT2D eigenvalue weighted by Gasteiger charge is -2.54. The molecule has 2 amide bonds. The second-order valence-electron chi connectivity index (χ2n) is 12.7. The number of rotatable bonds is 5. The molecule has 0 radical (unpaired) electrons. The normalized spacial score (nSPS) is 31.9. The van der Waals surface area contributed by atoms with E-state index in [-0.39, 0.29) is 17.9 Å². The number of nitrogens with zero attached hydrogens (tertiary/aromatic N) is 1. The van der Waals surface area contributed by atoms with E-state index in [4.69, 9.17) is 4.98 Å². The van der Waals surface area contributed by atoms with Gasteiger partial charge >= 0.3 is 0 Å². The fourth-order valence-corrected chi connectivity index (χ4v) is 8.25. The number of imidazole rings is 1. The first-order valence-electron chi connectivity index (χ1n) is 14.7. The molecule has 3 N–H and O–H groups in total. The van der Waals surface area contributed by atoms with Gasteiger partial charge in [0.15, 0.2) is 0 Å². The highest BCUT2D eigenvalue weighted by atomic mass is 16.2. The fourth-order valence-electron chi connectivity index (χ4n) is 8.25. The lowest BCUT2D eigenvalue weighted by atomic mass is 9.54. The minimum atomic E-state index is -0.00491. The largest absolute Gasteiger partial charge is 0.349 e. The Balaban J connectivity index is 1.04. The van der Waals surface area contributed by atoms with Crippen molar-refractivity contribution in [3.63, 3.8) is 0 Å². The van der Waals surface area contributed by atoms with Crippen molar-refractivity contribution < 1.29 is 9.59 Å². The van der Waals surface area contributed by atoms with Gasteiger partial charge in [0, 0.05) is 28.8 Å². The lowest BCUT2D eigenvalue weighted by Crippen LogP contribution is -2.55. The van der Waals surface area contributed by atoms with Gasteiger partial charge < -0.3 is 15.6 Å². The highest BCUT2D eigenvalue weighted by Gasteiger charge is 2.48. The van der Waals surface area contributed by atoms with Crippen LogP contribution in [0.1, 0.15) is 85.4 Å². The number of H-pyrrole nitrogens is 1. The summed E-state index contributed by atoms with van der Waals surface area (Å²) in [6.07, 6.45) is 11.3. The molecule has 2 unspecified atom stereocenters. The average Bonchev–Trinajstić information content (AvgIpc) is 3.35. The van der Waals surface area contributed by atoms with Crippen LogP contribution in [0.2, 0.25) is 0 Å². The van der Waals surface area contributed by atoms with Crippen LogP contribution < -0.4 is 10.6 Å². The molecular weight excluding hydrogens is 472 g/mol. The van der Waals surface area contributed by atoms with Crippen LogP contribution in [0.15, 0.2) is 42.5 Å². The molecule has 6 nitrogen and oxygen atoms in total. The van der Waals surface area contributed by atoms with Crippen LogP contribution in [-0.2, 0) is 0 Å². The van der Waals surface area contributed by atoms with Gasteiger partial charge in [-0.15, -0.1) is 0 Å². The third-order valence-corrected chi connectivity index (χ3v) is 10.1. The maximum Gasteiger partial charge on any atom is 0.251 e. The van der Waals surface area contributed by atoms with Crippen molar-refractivity contribution in [2.24, 2.45) is 29.6 Å². The molecule has 1 aromatic heterocycles. The summed E-state index contributed by atoms with van der Waals surface area (Å²) in [5.41, 5.74) is 3.96. The van der Waals surface area contributed by atoms with Crippen molar-refractivity contribution in [1.29, 1.82) is 0 Å². The molecular formula is C32H38N4O2.